The van der Waals surface area contributed by atoms with Gasteiger partial charge in [0.2, 0.25) is 21.8 Å². The minimum Gasteiger partial charge on any atom is -0.493 e. The van der Waals surface area contributed by atoms with Crippen molar-refractivity contribution in [2.75, 3.05) is 32.1 Å². The largest absolute Gasteiger partial charge is 0.493 e. The highest BCUT2D eigenvalue weighted by molar-refractivity contribution is 7.89. The van der Waals surface area contributed by atoms with Gasteiger partial charge in [0, 0.05) is 50.7 Å². The number of sulfonamides is 1. The summed E-state index contributed by atoms with van der Waals surface area (Å²) < 4.78 is 61.0. The van der Waals surface area contributed by atoms with Crippen molar-refractivity contribution in [1.82, 2.24) is 14.9 Å². The third kappa shape index (κ3) is 7.49. The van der Waals surface area contributed by atoms with Gasteiger partial charge in [0.25, 0.3) is 5.91 Å². The van der Waals surface area contributed by atoms with E-state index in [4.69, 9.17) is 14.2 Å². The molecule has 47 heavy (non-hydrogen) atoms. The van der Waals surface area contributed by atoms with Gasteiger partial charge < -0.3 is 30.2 Å². The van der Waals surface area contributed by atoms with Crippen LogP contribution in [-0.4, -0.2) is 69.4 Å². The van der Waals surface area contributed by atoms with Gasteiger partial charge in [-0.15, -0.1) is 0 Å². The normalized spacial score (nSPS) is 20.9. The Morgan fingerprint density at radius 1 is 0.915 bits per heavy atom. The molecule has 4 bridgehead atoms. The van der Waals surface area contributed by atoms with Crippen molar-refractivity contribution >= 4 is 33.4 Å². The van der Waals surface area contributed by atoms with E-state index in [1.807, 2.05) is 0 Å². The SMILES string of the molecule is COc1ccc2cc1OCC(=O)N[C@@H]1CN(S(=O)(=O)c3ccc4c(c3)CCC(=O)N4)CC[C@H]1Oc1cc(F)cc(c1)CNC(=O)CC2. The molecule has 0 radical (unpaired) electrons. The fourth-order valence-electron chi connectivity index (χ4n) is 5.96. The van der Waals surface area contributed by atoms with Crippen LogP contribution in [0.25, 0.3) is 0 Å². The van der Waals surface area contributed by atoms with E-state index in [1.165, 1.54) is 29.6 Å². The van der Waals surface area contributed by atoms with Crippen molar-refractivity contribution < 1.29 is 41.4 Å². The molecule has 3 amide bonds. The first-order chi connectivity index (χ1) is 22.6. The number of fused-ring (bicyclic) bond motifs is 6. The van der Waals surface area contributed by atoms with Gasteiger partial charge >= 0.3 is 0 Å². The Morgan fingerprint density at radius 3 is 2.57 bits per heavy atom. The van der Waals surface area contributed by atoms with Crippen molar-refractivity contribution in [3.63, 3.8) is 0 Å². The van der Waals surface area contributed by atoms with E-state index in [2.05, 4.69) is 16.0 Å². The van der Waals surface area contributed by atoms with Crippen LogP contribution in [0.1, 0.15) is 36.0 Å². The summed E-state index contributed by atoms with van der Waals surface area (Å²) in [6, 6.07) is 13.1. The van der Waals surface area contributed by atoms with E-state index >= 15 is 0 Å². The number of nitrogens with zero attached hydrogens (tertiary/aromatic N) is 1. The molecule has 12 nitrogen and oxygen atoms in total. The Labute approximate surface area is 271 Å². The Bertz CT molecular complexity index is 1820. The number of nitrogens with one attached hydrogen (secondary N) is 3. The van der Waals surface area contributed by atoms with Gasteiger partial charge in [0.05, 0.1) is 18.0 Å². The maximum absolute atomic E-state index is 14.7. The first-order valence-corrected chi connectivity index (χ1v) is 16.8. The average molecular weight is 667 g/mol. The van der Waals surface area contributed by atoms with Crippen LogP contribution in [0.15, 0.2) is 59.5 Å². The molecule has 248 valence electrons. The summed E-state index contributed by atoms with van der Waals surface area (Å²) >= 11 is 0. The van der Waals surface area contributed by atoms with E-state index < -0.39 is 40.5 Å². The molecule has 0 aliphatic carbocycles. The summed E-state index contributed by atoms with van der Waals surface area (Å²) in [6.45, 7) is -0.377. The predicted molar refractivity (Wildman–Crippen MR) is 168 cm³/mol. The van der Waals surface area contributed by atoms with Gasteiger partial charge in [-0.2, -0.15) is 4.31 Å². The third-order valence-corrected chi connectivity index (χ3v) is 10.3. The number of amides is 3. The second-order valence-corrected chi connectivity index (χ2v) is 13.6. The van der Waals surface area contributed by atoms with Crippen LogP contribution < -0.4 is 30.2 Å². The van der Waals surface area contributed by atoms with Crippen LogP contribution in [0.5, 0.6) is 17.2 Å². The molecule has 0 aromatic heterocycles. The lowest BCUT2D eigenvalue weighted by molar-refractivity contribution is -0.125. The molecule has 3 aromatic rings. The second-order valence-electron chi connectivity index (χ2n) is 11.7. The molecule has 0 spiro atoms. The quantitative estimate of drug-likeness (QED) is 0.386. The van der Waals surface area contributed by atoms with E-state index in [0.29, 0.717) is 35.6 Å². The highest BCUT2D eigenvalue weighted by Gasteiger charge is 2.38. The lowest BCUT2D eigenvalue weighted by Gasteiger charge is -2.38. The Hall–Kier alpha value is -4.69. The number of carbonyl (C=O) groups is 3. The van der Waals surface area contributed by atoms with E-state index in [-0.39, 0.29) is 61.4 Å². The topological polar surface area (TPSA) is 152 Å². The Balaban J connectivity index is 1.28. The highest BCUT2D eigenvalue weighted by Crippen LogP contribution is 2.31. The first-order valence-electron chi connectivity index (χ1n) is 15.3. The monoisotopic (exact) mass is 666 g/mol. The predicted octanol–water partition coefficient (Wildman–Crippen LogP) is 2.69. The highest BCUT2D eigenvalue weighted by atomic mass is 32.2. The standard InChI is InChI=1S/C33H35FN4O8S/c1-44-29-7-2-20-3-8-31(39)35-17-21-12-23(34)16-24(13-21)46-28-10-11-38(18-27(28)37-33(41)19-45-30(29)14-20)47(42,43)25-5-6-26-22(15-25)4-9-32(40)36-26/h2,5-7,12-16,27-28H,3-4,8-11,17-19H2,1H3,(H,35,39)(H,36,40)(H,37,41)/t27-,28-/m1/s1. The third-order valence-electron chi connectivity index (χ3n) is 8.40. The number of benzene rings is 3. The number of anilines is 1. The fraction of sp³-hybridized carbons (Fsp3) is 0.364. The number of aryl methyl sites for hydroxylation is 2. The van der Waals surface area contributed by atoms with Crippen molar-refractivity contribution in [2.24, 2.45) is 0 Å². The number of hydrogen-bond acceptors (Lipinski definition) is 8. The van der Waals surface area contributed by atoms with Gasteiger partial charge in [0.1, 0.15) is 17.7 Å². The maximum atomic E-state index is 14.7. The molecule has 1 fully saturated rings. The number of halogens is 1. The molecule has 3 heterocycles. The molecule has 3 N–H and O–H groups in total. The van der Waals surface area contributed by atoms with Gasteiger partial charge in [-0.05, 0) is 72.0 Å². The second kappa shape index (κ2) is 13.6. The molecule has 1 saturated heterocycles. The summed E-state index contributed by atoms with van der Waals surface area (Å²) in [6.07, 6.45) is 0.722. The molecule has 3 aromatic carbocycles. The summed E-state index contributed by atoms with van der Waals surface area (Å²) in [5.74, 6) is -0.540. The van der Waals surface area contributed by atoms with Crippen molar-refractivity contribution in [1.29, 1.82) is 0 Å². The minimum atomic E-state index is -4.00. The van der Waals surface area contributed by atoms with Gasteiger partial charge in [-0.25, -0.2) is 12.8 Å². The van der Waals surface area contributed by atoms with Crippen molar-refractivity contribution in [3.8, 4) is 17.2 Å². The number of ether oxygens (including phenoxy) is 3. The van der Waals surface area contributed by atoms with Crippen LogP contribution in [0.3, 0.4) is 0 Å². The number of rotatable bonds is 3. The zero-order valence-electron chi connectivity index (χ0n) is 25.7. The molecule has 3 aliphatic rings. The van der Waals surface area contributed by atoms with Crippen LogP contribution in [0, 0.1) is 5.82 Å². The van der Waals surface area contributed by atoms with Crippen LogP contribution in [0.4, 0.5) is 10.1 Å². The molecule has 0 unspecified atom stereocenters. The Kier molecular flexibility index (Phi) is 9.32. The molecular formula is C33H35FN4O8S. The van der Waals surface area contributed by atoms with Crippen LogP contribution in [0.2, 0.25) is 0 Å². The molecule has 3 aliphatic heterocycles. The lowest BCUT2D eigenvalue weighted by atomic mass is 10.0. The van der Waals surface area contributed by atoms with Crippen LogP contribution >= 0.6 is 0 Å². The number of hydrogen-bond donors (Lipinski definition) is 3. The smallest absolute Gasteiger partial charge is 0.258 e. The molecule has 14 heteroatoms. The summed E-state index contributed by atoms with van der Waals surface area (Å²) in [7, 11) is -2.52. The van der Waals surface area contributed by atoms with E-state index in [9.17, 15) is 27.2 Å². The lowest BCUT2D eigenvalue weighted by Crippen LogP contribution is -2.58. The van der Waals surface area contributed by atoms with Crippen molar-refractivity contribution in [3.05, 3.63) is 77.1 Å². The Morgan fingerprint density at radius 2 is 1.74 bits per heavy atom. The number of carbonyl (C=O) groups excluding carboxylic acids is 3. The average Bonchev–Trinajstić information content (AvgIpc) is 3.05. The molecular weight excluding hydrogens is 631 g/mol. The van der Waals surface area contributed by atoms with E-state index in [1.54, 1.807) is 36.4 Å². The van der Waals surface area contributed by atoms with E-state index in [0.717, 1.165) is 11.1 Å². The molecule has 2 atom stereocenters. The summed E-state index contributed by atoms with van der Waals surface area (Å²) in [5.41, 5.74) is 2.58. The fourth-order valence-corrected chi connectivity index (χ4v) is 7.49. The van der Waals surface area contributed by atoms with Gasteiger partial charge in [-0.3, -0.25) is 14.4 Å². The van der Waals surface area contributed by atoms with Gasteiger partial charge in [0.15, 0.2) is 18.1 Å². The number of methoxy groups -OCH3 is 1. The maximum Gasteiger partial charge on any atom is 0.258 e. The first kappa shape index (κ1) is 32.3. The zero-order chi connectivity index (χ0) is 33.1. The summed E-state index contributed by atoms with van der Waals surface area (Å²) in [5, 5.41) is 8.43. The molecule has 0 saturated carbocycles. The number of piperidine rings is 1. The molecule has 6 rings (SSSR count). The zero-order valence-corrected chi connectivity index (χ0v) is 26.5. The summed E-state index contributed by atoms with van der Waals surface area (Å²) in [4.78, 5) is 37.7. The van der Waals surface area contributed by atoms with Crippen molar-refractivity contribution in [2.45, 2.75) is 55.7 Å². The van der Waals surface area contributed by atoms with Crippen LogP contribution in [-0.2, 0) is 43.8 Å². The van der Waals surface area contributed by atoms with Gasteiger partial charge in [-0.1, -0.05) is 6.07 Å². The minimum absolute atomic E-state index is 0.0745.